The van der Waals surface area contributed by atoms with E-state index in [1.54, 1.807) is 0 Å². The van der Waals surface area contributed by atoms with E-state index in [1.807, 2.05) is 12.1 Å². The van der Waals surface area contributed by atoms with Crippen LogP contribution in [0.25, 0.3) is 0 Å². The van der Waals surface area contributed by atoms with Crippen molar-refractivity contribution in [3.8, 4) is 0 Å². The third-order valence-electron chi connectivity index (χ3n) is 4.59. The smallest absolute Gasteiger partial charge is 0.0681 e. The third kappa shape index (κ3) is 4.30. The van der Waals surface area contributed by atoms with Crippen LogP contribution in [-0.4, -0.2) is 35.7 Å². The van der Waals surface area contributed by atoms with Crippen molar-refractivity contribution in [2.45, 2.75) is 45.9 Å². The minimum Gasteiger partial charge on any atom is -0.392 e. The van der Waals surface area contributed by atoms with E-state index in [0.717, 1.165) is 18.0 Å². The van der Waals surface area contributed by atoms with Gasteiger partial charge in [-0.1, -0.05) is 31.2 Å². The number of likely N-dealkylation sites (tertiary alicyclic amines) is 1. The molecule has 1 aromatic carbocycles. The van der Waals surface area contributed by atoms with Crippen molar-refractivity contribution < 1.29 is 5.11 Å². The highest BCUT2D eigenvalue weighted by Gasteiger charge is 2.22. The fraction of sp³-hybridized carbons (Fsp3) is 0.647. The first-order valence-corrected chi connectivity index (χ1v) is 7.87. The number of rotatable bonds is 6. The van der Waals surface area contributed by atoms with E-state index in [2.05, 4.69) is 36.2 Å². The molecule has 1 aliphatic heterocycles. The summed E-state index contributed by atoms with van der Waals surface area (Å²) in [4.78, 5) is 2.54. The van der Waals surface area contributed by atoms with E-state index < -0.39 is 0 Å². The number of piperidine rings is 1. The zero-order valence-corrected chi connectivity index (χ0v) is 12.8. The molecule has 1 aromatic rings. The van der Waals surface area contributed by atoms with Crippen LogP contribution in [0.4, 0.5) is 0 Å². The summed E-state index contributed by atoms with van der Waals surface area (Å²) < 4.78 is 0. The van der Waals surface area contributed by atoms with Crippen LogP contribution in [0.15, 0.2) is 24.3 Å². The van der Waals surface area contributed by atoms with Crippen LogP contribution in [0.2, 0.25) is 0 Å². The molecule has 1 unspecified atom stereocenters. The summed E-state index contributed by atoms with van der Waals surface area (Å²) in [5.41, 5.74) is 2.25. The molecule has 1 aliphatic rings. The van der Waals surface area contributed by atoms with Crippen molar-refractivity contribution in [3.63, 3.8) is 0 Å². The van der Waals surface area contributed by atoms with Crippen molar-refractivity contribution in [1.29, 1.82) is 0 Å². The van der Waals surface area contributed by atoms with Gasteiger partial charge in [0, 0.05) is 12.6 Å². The topological polar surface area (TPSA) is 35.5 Å². The predicted octanol–water partition coefficient (Wildman–Crippen LogP) is 2.39. The second kappa shape index (κ2) is 7.77. The van der Waals surface area contributed by atoms with Gasteiger partial charge in [-0.15, -0.1) is 0 Å². The second-order valence-electron chi connectivity index (χ2n) is 5.92. The first-order chi connectivity index (χ1) is 9.72. The van der Waals surface area contributed by atoms with Crippen molar-refractivity contribution in [2.75, 3.05) is 19.6 Å². The quantitative estimate of drug-likeness (QED) is 0.837. The summed E-state index contributed by atoms with van der Waals surface area (Å²) >= 11 is 0. The number of hydrogen-bond acceptors (Lipinski definition) is 3. The zero-order valence-electron chi connectivity index (χ0n) is 12.8. The molecule has 1 fully saturated rings. The number of hydrogen-bond donors (Lipinski definition) is 2. The van der Waals surface area contributed by atoms with Gasteiger partial charge >= 0.3 is 0 Å². The van der Waals surface area contributed by atoms with Crippen molar-refractivity contribution in [3.05, 3.63) is 35.4 Å². The SMILES string of the molecule is CCN1CCC(C(C)NCc2cccc(CO)c2)CC1. The first kappa shape index (κ1) is 15.5. The third-order valence-corrected chi connectivity index (χ3v) is 4.59. The molecule has 1 heterocycles. The molecule has 0 amide bonds. The Bertz CT molecular complexity index is 400. The van der Waals surface area contributed by atoms with E-state index in [1.165, 1.54) is 38.0 Å². The molecule has 2 N–H and O–H groups in total. The lowest BCUT2D eigenvalue weighted by molar-refractivity contribution is 0.168. The zero-order chi connectivity index (χ0) is 14.4. The van der Waals surface area contributed by atoms with Gasteiger partial charge in [0.25, 0.3) is 0 Å². The van der Waals surface area contributed by atoms with Crippen LogP contribution in [-0.2, 0) is 13.2 Å². The fourth-order valence-corrected chi connectivity index (χ4v) is 3.05. The molecule has 0 spiro atoms. The highest BCUT2D eigenvalue weighted by atomic mass is 16.3. The molecule has 3 nitrogen and oxygen atoms in total. The molecule has 1 saturated heterocycles. The molecule has 0 aliphatic carbocycles. The Hall–Kier alpha value is -0.900. The lowest BCUT2D eigenvalue weighted by Gasteiger charge is -2.34. The molecular weight excluding hydrogens is 248 g/mol. The van der Waals surface area contributed by atoms with E-state index in [-0.39, 0.29) is 6.61 Å². The number of aliphatic hydroxyl groups is 1. The molecule has 112 valence electrons. The Morgan fingerprint density at radius 1 is 1.30 bits per heavy atom. The molecule has 0 aromatic heterocycles. The summed E-state index contributed by atoms with van der Waals surface area (Å²) in [6, 6.07) is 8.75. The van der Waals surface area contributed by atoms with Crippen LogP contribution >= 0.6 is 0 Å². The van der Waals surface area contributed by atoms with Gasteiger partial charge in [0.1, 0.15) is 0 Å². The molecule has 0 saturated carbocycles. The summed E-state index contributed by atoms with van der Waals surface area (Å²) in [6.07, 6.45) is 2.61. The van der Waals surface area contributed by atoms with Crippen molar-refractivity contribution >= 4 is 0 Å². The van der Waals surface area contributed by atoms with Crippen molar-refractivity contribution in [2.24, 2.45) is 5.92 Å². The standard InChI is InChI=1S/C17H28N2O/c1-3-19-9-7-17(8-10-19)14(2)18-12-15-5-4-6-16(11-15)13-20/h4-6,11,14,17-18,20H,3,7-10,12-13H2,1-2H3. The Balaban J connectivity index is 1.78. The van der Waals surface area contributed by atoms with Crippen LogP contribution in [0.5, 0.6) is 0 Å². The maximum atomic E-state index is 9.17. The van der Waals surface area contributed by atoms with Gasteiger partial charge in [-0.2, -0.15) is 0 Å². The largest absolute Gasteiger partial charge is 0.392 e. The molecule has 2 rings (SSSR count). The minimum atomic E-state index is 0.124. The monoisotopic (exact) mass is 276 g/mol. The number of nitrogens with one attached hydrogen (secondary N) is 1. The van der Waals surface area contributed by atoms with Gasteiger partial charge in [-0.05, 0) is 56.4 Å². The van der Waals surface area contributed by atoms with Gasteiger partial charge in [0.2, 0.25) is 0 Å². The van der Waals surface area contributed by atoms with Crippen molar-refractivity contribution in [1.82, 2.24) is 10.2 Å². The maximum Gasteiger partial charge on any atom is 0.0681 e. The molecule has 20 heavy (non-hydrogen) atoms. The summed E-state index contributed by atoms with van der Waals surface area (Å²) in [5, 5.41) is 12.8. The Morgan fingerprint density at radius 2 is 2.00 bits per heavy atom. The molecule has 3 heteroatoms. The van der Waals surface area contributed by atoms with Crippen LogP contribution in [0, 0.1) is 5.92 Å². The lowest BCUT2D eigenvalue weighted by Crippen LogP contribution is -2.41. The van der Waals surface area contributed by atoms with Crippen LogP contribution in [0.1, 0.15) is 37.8 Å². The predicted molar refractivity (Wildman–Crippen MR) is 83.5 cm³/mol. The summed E-state index contributed by atoms with van der Waals surface area (Å²) in [6.45, 7) is 9.24. The number of aliphatic hydroxyl groups excluding tert-OH is 1. The normalized spacial score (nSPS) is 19.1. The van der Waals surface area contributed by atoms with Gasteiger partial charge in [-0.3, -0.25) is 0 Å². The Morgan fingerprint density at radius 3 is 2.65 bits per heavy atom. The molecule has 0 radical (unpaired) electrons. The number of nitrogens with zero attached hydrogens (tertiary/aromatic N) is 1. The van der Waals surface area contributed by atoms with E-state index in [0.29, 0.717) is 6.04 Å². The summed E-state index contributed by atoms with van der Waals surface area (Å²) in [5.74, 6) is 0.791. The highest BCUT2D eigenvalue weighted by Crippen LogP contribution is 2.20. The highest BCUT2D eigenvalue weighted by molar-refractivity contribution is 5.22. The average Bonchev–Trinajstić information content (AvgIpc) is 2.53. The molecule has 1 atom stereocenters. The van der Waals surface area contributed by atoms with Gasteiger partial charge < -0.3 is 15.3 Å². The lowest BCUT2D eigenvalue weighted by atomic mass is 9.90. The minimum absolute atomic E-state index is 0.124. The summed E-state index contributed by atoms with van der Waals surface area (Å²) in [7, 11) is 0. The van der Waals surface area contributed by atoms with E-state index >= 15 is 0 Å². The average molecular weight is 276 g/mol. The molecular formula is C17H28N2O. The first-order valence-electron chi connectivity index (χ1n) is 7.87. The molecule has 0 bridgehead atoms. The van der Waals surface area contributed by atoms with Gasteiger partial charge in [0.05, 0.1) is 6.61 Å². The Kier molecular flexibility index (Phi) is 6.02. The Labute approximate surface area is 123 Å². The number of benzene rings is 1. The second-order valence-corrected chi connectivity index (χ2v) is 5.92. The van der Waals surface area contributed by atoms with Crippen LogP contribution < -0.4 is 5.32 Å². The van der Waals surface area contributed by atoms with Gasteiger partial charge in [0.15, 0.2) is 0 Å². The van der Waals surface area contributed by atoms with E-state index in [9.17, 15) is 0 Å². The van der Waals surface area contributed by atoms with E-state index in [4.69, 9.17) is 5.11 Å². The van der Waals surface area contributed by atoms with Crippen LogP contribution in [0.3, 0.4) is 0 Å². The fourth-order valence-electron chi connectivity index (χ4n) is 3.05. The van der Waals surface area contributed by atoms with Gasteiger partial charge in [-0.25, -0.2) is 0 Å². The maximum absolute atomic E-state index is 9.17.